The summed E-state index contributed by atoms with van der Waals surface area (Å²) in [6.45, 7) is 6.60. The third kappa shape index (κ3) is 50.4. The average Bonchev–Trinajstić information content (AvgIpc) is 3.29. The van der Waals surface area contributed by atoms with Gasteiger partial charge in [-0.05, 0) is 77.0 Å². The van der Waals surface area contributed by atoms with Gasteiger partial charge in [0.05, 0.1) is 0 Å². The first-order chi connectivity index (χ1) is 31.5. The number of carbonyl (C=O) groups excluding carboxylic acids is 3. The summed E-state index contributed by atoms with van der Waals surface area (Å²) >= 11 is 0. The van der Waals surface area contributed by atoms with Crippen LogP contribution in [0.3, 0.4) is 0 Å². The molecular formula is C58H104O6. The molecule has 0 saturated carbocycles. The van der Waals surface area contributed by atoms with Gasteiger partial charge in [0.1, 0.15) is 13.2 Å². The Bertz CT molecular complexity index is 1120. The Morgan fingerprint density at radius 2 is 0.578 bits per heavy atom. The van der Waals surface area contributed by atoms with E-state index in [9.17, 15) is 14.4 Å². The summed E-state index contributed by atoms with van der Waals surface area (Å²) in [7, 11) is 0. The molecule has 0 fully saturated rings. The maximum Gasteiger partial charge on any atom is 0.306 e. The second kappa shape index (κ2) is 53.0. The van der Waals surface area contributed by atoms with Crippen LogP contribution in [0.4, 0.5) is 0 Å². The molecule has 0 aliphatic heterocycles. The number of carbonyl (C=O) groups is 3. The van der Waals surface area contributed by atoms with Crippen molar-refractivity contribution in [2.75, 3.05) is 13.2 Å². The lowest BCUT2D eigenvalue weighted by molar-refractivity contribution is -0.167. The van der Waals surface area contributed by atoms with Crippen molar-refractivity contribution in [1.29, 1.82) is 0 Å². The first kappa shape index (κ1) is 61.4. The summed E-state index contributed by atoms with van der Waals surface area (Å²) in [5, 5.41) is 0. The second-order valence-electron chi connectivity index (χ2n) is 18.5. The van der Waals surface area contributed by atoms with Crippen molar-refractivity contribution in [1.82, 2.24) is 0 Å². The van der Waals surface area contributed by atoms with Crippen LogP contribution >= 0.6 is 0 Å². The van der Waals surface area contributed by atoms with Gasteiger partial charge < -0.3 is 14.2 Å². The first-order valence-electron chi connectivity index (χ1n) is 27.6. The van der Waals surface area contributed by atoms with Crippen molar-refractivity contribution in [2.45, 2.75) is 290 Å². The molecule has 0 aliphatic carbocycles. The summed E-state index contributed by atoms with van der Waals surface area (Å²) in [4.78, 5) is 38.0. The van der Waals surface area contributed by atoms with Crippen LogP contribution < -0.4 is 0 Å². The standard InChI is InChI=1S/C58H104O6/c1-4-7-10-13-16-19-22-25-27-29-31-33-36-39-42-45-48-51-57(60)63-54-55(53-62-56(59)50-47-44-41-38-35-24-21-18-15-12-9-6-3)64-58(61)52-49-46-43-40-37-34-32-30-28-26-23-20-17-14-11-8-5-2/h25-28,32,34,40,43,55H,4-24,29-31,33,35-39,41-42,44-54H2,1-3H3/b27-25-,28-26-,34-32-,43-40-/t55-/m0/s1. The highest BCUT2D eigenvalue weighted by Crippen LogP contribution is 2.15. The van der Waals surface area contributed by atoms with E-state index in [1.165, 1.54) is 180 Å². The molecule has 0 rings (SSSR count). The lowest BCUT2D eigenvalue weighted by atomic mass is 10.0. The van der Waals surface area contributed by atoms with Crippen LogP contribution in [-0.2, 0) is 28.6 Å². The zero-order valence-electron chi connectivity index (χ0n) is 42.6. The van der Waals surface area contributed by atoms with Crippen molar-refractivity contribution >= 4 is 17.9 Å². The molecule has 6 heteroatoms. The minimum atomic E-state index is -0.798. The van der Waals surface area contributed by atoms with Crippen LogP contribution in [0.2, 0.25) is 0 Å². The topological polar surface area (TPSA) is 78.9 Å². The van der Waals surface area contributed by atoms with E-state index >= 15 is 0 Å². The van der Waals surface area contributed by atoms with Gasteiger partial charge in [0.15, 0.2) is 6.10 Å². The molecule has 0 aromatic heterocycles. The van der Waals surface area contributed by atoms with Crippen LogP contribution in [0, 0.1) is 0 Å². The maximum atomic E-state index is 12.8. The summed E-state index contributed by atoms with van der Waals surface area (Å²) < 4.78 is 16.8. The molecule has 0 aromatic rings. The summed E-state index contributed by atoms with van der Waals surface area (Å²) in [5.41, 5.74) is 0. The van der Waals surface area contributed by atoms with Gasteiger partial charge in [-0.25, -0.2) is 0 Å². The predicted molar refractivity (Wildman–Crippen MR) is 275 cm³/mol. The molecule has 64 heavy (non-hydrogen) atoms. The van der Waals surface area contributed by atoms with E-state index in [1.807, 2.05) is 0 Å². The highest BCUT2D eigenvalue weighted by Gasteiger charge is 2.19. The number of hydrogen-bond donors (Lipinski definition) is 0. The number of hydrogen-bond acceptors (Lipinski definition) is 6. The lowest BCUT2D eigenvalue weighted by Crippen LogP contribution is -2.30. The molecule has 0 aromatic carbocycles. The monoisotopic (exact) mass is 897 g/mol. The van der Waals surface area contributed by atoms with Crippen LogP contribution in [0.15, 0.2) is 48.6 Å². The Morgan fingerprint density at radius 1 is 0.312 bits per heavy atom. The molecule has 1 atom stereocenters. The molecule has 0 radical (unpaired) electrons. The number of unbranched alkanes of at least 4 members (excludes halogenated alkanes) is 31. The predicted octanol–water partition coefficient (Wildman–Crippen LogP) is 18.3. The molecule has 0 bridgehead atoms. The molecule has 6 nitrogen and oxygen atoms in total. The van der Waals surface area contributed by atoms with Gasteiger partial charge in [0.2, 0.25) is 0 Å². The molecule has 0 amide bonds. The van der Waals surface area contributed by atoms with Gasteiger partial charge >= 0.3 is 17.9 Å². The minimum absolute atomic E-state index is 0.0918. The zero-order valence-corrected chi connectivity index (χ0v) is 42.6. The first-order valence-corrected chi connectivity index (χ1v) is 27.6. The fourth-order valence-electron chi connectivity index (χ4n) is 7.87. The third-order valence-electron chi connectivity index (χ3n) is 12.1. The number of rotatable bonds is 50. The summed E-state index contributed by atoms with van der Waals surface area (Å²) in [5.74, 6) is -0.939. The lowest BCUT2D eigenvalue weighted by Gasteiger charge is -2.18. The number of esters is 3. The van der Waals surface area contributed by atoms with Crippen molar-refractivity contribution in [3.05, 3.63) is 48.6 Å². The van der Waals surface area contributed by atoms with E-state index in [2.05, 4.69) is 69.4 Å². The SMILES string of the molecule is CCCCCCCC/C=C\C/C=C\C/C=C\CCCC(=O)O[C@H](COC(=O)CCCCCCCCC/C=C\CCCCCCCC)COC(=O)CCCCCCCCCCCCCC. The Balaban J connectivity index is 4.42. The smallest absolute Gasteiger partial charge is 0.306 e. The number of allylic oxidation sites excluding steroid dienone is 8. The molecule has 0 unspecified atom stereocenters. The maximum absolute atomic E-state index is 12.8. The third-order valence-corrected chi connectivity index (χ3v) is 12.1. The van der Waals surface area contributed by atoms with E-state index in [4.69, 9.17) is 14.2 Å². The Labute approximate surface area is 397 Å². The molecule has 0 spiro atoms. The summed E-state index contributed by atoms with van der Waals surface area (Å²) in [6.07, 6.45) is 63.9. The number of ether oxygens (including phenoxy) is 3. The van der Waals surface area contributed by atoms with Crippen molar-refractivity contribution in [3.8, 4) is 0 Å². The molecule has 372 valence electrons. The van der Waals surface area contributed by atoms with Gasteiger partial charge in [0.25, 0.3) is 0 Å². The van der Waals surface area contributed by atoms with Crippen molar-refractivity contribution in [3.63, 3.8) is 0 Å². The van der Waals surface area contributed by atoms with Gasteiger partial charge in [-0.3, -0.25) is 14.4 Å². The highest BCUT2D eigenvalue weighted by molar-refractivity contribution is 5.71. The fourth-order valence-corrected chi connectivity index (χ4v) is 7.87. The molecule has 0 saturated heterocycles. The van der Waals surface area contributed by atoms with E-state index in [-0.39, 0.29) is 37.5 Å². The van der Waals surface area contributed by atoms with E-state index < -0.39 is 6.10 Å². The Hall–Kier alpha value is -2.63. The Kier molecular flexibility index (Phi) is 50.8. The average molecular weight is 897 g/mol. The van der Waals surface area contributed by atoms with E-state index in [0.717, 1.165) is 57.8 Å². The molecule has 0 N–H and O–H groups in total. The quantitative estimate of drug-likeness (QED) is 0.0262. The van der Waals surface area contributed by atoms with Gasteiger partial charge in [-0.1, -0.05) is 236 Å². The van der Waals surface area contributed by atoms with Crippen LogP contribution in [0.5, 0.6) is 0 Å². The summed E-state index contributed by atoms with van der Waals surface area (Å²) in [6, 6.07) is 0. The van der Waals surface area contributed by atoms with Gasteiger partial charge in [-0.15, -0.1) is 0 Å². The Morgan fingerprint density at radius 3 is 0.938 bits per heavy atom. The van der Waals surface area contributed by atoms with Crippen LogP contribution in [0.1, 0.15) is 284 Å². The minimum Gasteiger partial charge on any atom is -0.462 e. The van der Waals surface area contributed by atoms with Crippen molar-refractivity contribution < 1.29 is 28.6 Å². The normalized spacial score (nSPS) is 12.4. The fraction of sp³-hybridized carbons (Fsp3) is 0.810. The largest absolute Gasteiger partial charge is 0.462 e. The highest BCUT2D eigenvalue weighted by atomic mass is 16.6. The van der Waals surface area contributed by atoms with Gasteiger partial charge in [-0.2, -0.15) is 0 Å². The van der Waals surface area contributed by atoms with Crippen molar-refractivity contribution in [2.24, 2.45) is 0 Å². The van der Waals surface area contributed by atoms with Crippen LogP contribution in [-0.4, -0.2) is 37.2 Å². The molecule has 0 aliphatic rings. The van der Waals surface area contributed by atoms with E-state index in [0.29, 0.717) is 19.3 Å². The zero-order chi connectivity index (χ0) is 46.5. The second-order valence-corrected chi connectivity index (χ2v) is 18.5. The van der Waals surface area contributed by atoms with Crippen LogP contribution in [0.25, 0.3) is 0 Å². The van der Waals surface area contributed by atoms with E-state index in [1.54, 1.807) is 0 Å². The molecular weight excluding hydrogens is 793 g/mol. The molecule has 0 heterocycles. The van der Waals surface area contributed by atoms with Gasteiger partial charge in [0, 0.05) is 19.3 Å².